The van der Waals surface area contributed by atoms with Gasteiger partial charge in [-0.3, -0.25) is 9.69 Å². The highest BCUT2D eigenvalue weighted by molar-refractivity contribution is 5.75. The van der Waals surface area contributed by atoms with Crippen molar-refractivity contribution in [2.75, 3.05) is 31.1 Å². The lowest BCUT2D eigenvalue weighted by Gasteiger charge is -2.38. The van der Waals surface area contributed by atoms with Gasteiger partial charge in [0.05, 0.1) is 0 Å². The Bertz CT molecular complexity index is 709. The third-order valence-electron chi connectivity index (χ3n) is 4.43. The molecule has 0 N–H and O–H groups in total. The lowest BCUT2D eigenvalue weighted by molar-refractivity contribution is -0.151. The number of benzene rings is 1. The molecular formula is C18H22FN3O3. The zero-order valence-electron chi connectivity index (χ0n) is 14.4. The number of anilines is 1. The topological polar surface area (TPSA) is 58.8 Å². The number of aromatic nitrogens is 1. The van der Waals surface area contributed by atoms with Gasteiger partial charge in [0.15, 0.2) is 0 Å². The number of esters is 1. The van der Waals surface area contributed by atoms with Gasteiger partial charge >= 0.3 is 5.97 Å². The molecule has 0 aliphatic carbocycles. The first-order valence-corrected chi connectivity index (χ1v) is 8.36. The van der Waals surface area contributed by atoms with E-state index in [0.29, 0.717) is 11.5 Å². The SMILES string of the molecule is Cc1cc(COC(=O)[C@H](C)N2CCN(c3ccc(F)cc3)CC2)no1. The Kier molecular flexibility index (Phi) is 5.33. The number of carbonyl (C=O) groups is 1. The van der Waals surface area contributed by atoms with Gasteiger partial charge in [-0.2, -0.15) is 0 Å². The second-order valence-electron chi connectivity index (χ2n) is 6.21. The van der Waals surface area contributed by atoms with E-state index in [1.165, 1.54) is 12.1 Å². The maximum atomic E-state index is 13.0. The maximum absolute atomic E-state index is 13.0. The second-order valence-corrected chi connectivity index (χ2v) is 6.21. The molecule has 0 amide bonds. The molecule has 0 saturated carbocycles. The van der Waals surface area contributed by atoms with Crippen LogP contribution in [0, 0.1) is 12.7 Å². The van der Waals surface area contributed by atoms with E-state index >= 15 is 0 Å². The van der Waals surface area contributed by atoms with Crippen LogP contribution >= 0.6 is 0 Å². The van der Waals surface area contributed by atoms with Gasteiger partial charge in [-0.1, -0.05) is 5.16 Å². The Morgan fingerprint density at radius 1 is 1.28 bits per heavy atom. The van der Waals surface area contributed by atoms with Crippen LogP contribution in [0.25, 0.3) is 0 Å². The summed E-state index contributed by atoms with van der Waals surface area (Å²) in [6.07, 6.45) is 0. The summed E-state index contributed by atoms with van der Waals surface area (Å²) in [6, 6.07) is 7.92. The first-order chi connectivity index (χ1) is 12.0. The van der Waals surface area contributed by atoms with E-state index in [1.54, 1.807) is 25.1 Å². The minimum Gasteiger partial charge on any atom is -0.458 e. The van der Waals surface area contributed by atoms with Crippen molar-refractivity contribution in [3.8, 4) is 0 Å². The molecule has 1 fully saturated rings. The zero-order valence-corrected chi connectivity index (χ0v) is 14.4. The lowest BCUT2D eigenvalue weighted by Crippen LogP contribution is -2.52. The second kappa shape index (κ2) is 7.65. The molecule has 0 bridgehead atoms. The average molecular weight is 347 g/mol. The van der Waals surface area contributed by atoms with Crippen molar-refractivity contribution in [1.29, 1.82) is 0 Å². The van der Waals surface area contributed by atoms with Crippen LogP contribution in [0.4, 0.5) is 10.1 Å². The number of rotatable bonds is 5. The van der Waals surface area contributed by atoms with Crippen molar-refractivity contribution >= 4 is 11.7 Å². The normalized spacial score (nSPS) is 16.7. The van der Waals surface area contributed by atoms with E-state index in [9.17, 15) is 9.18 Å². The number of hydrogen-bond donors (Lipinski definition) is 0. The van der Waals surface area contributed by atoms with Gasteiger partial charge in [0.2, 0.25) is 0 Å². The summed E-state index contributed by atoms with van der Waals surface area (Å²) >= 11 is 0. The molecule has 0 unspecified atom stereocenters. The van der Waals surface area contributed by atoms with E-state index in [2.05, 4.69) is 15.0 Å². The summed E-state index contributed by atoms with van der Waals surface area (Å²) in [5.41, 5.74) is 1.61. The van der Waals surface area contributed by atoms with Crippen LogP contribution in [0.2, 0.25) is 0 Å². The summed E-state index contributed by atoms with van der Waals surface area (Å²) < 4.78 is 23.3. The van der Waals surface area contributed by atoms with Gasteiger partial charge in [-0.25, -0.2) is 4.39 Å². The Balaban J connectivity index is 1.48. The van der Waals surface area contributed by atoms with Crippen LogP contribution in [-0.2, 0) is 16.1 Å². The van der Waals surface area contributed by atoms with E-state index in [0.717, 1.165) is 31.9 Å². The molecule has 2 heterocycles. The number of piperazine rings is 1. The van der Waals surface area contributed by atoms with E-state index in [-0.39, 0.29) is 24.4 Å². The van der Waals surface area contributed by atoms with E-state index in [4.69, 9.17) is 9.26 Å². The Labute approximate surface area is 146 Å². The number of carbonyl (C=O) groups excluding carboxylic acids is 1. The third-order valence-corrected chi connectivity index (χ3v) is 4.43. The van der Waals surface area contributed by atoms with Crippen molar-refractivity contribution in [1.82, 2.24) is 10.1 Å². The van der Waals surface area contributed by atoms with Crippen LogP contribution in [-0.4, -0.2) is 48.2 Å². The first-order valence-electron chi connectivity index (χ1n) is 8.36. The van der Waals surface area contributed by atoms with Crippen molar-refractivity contribution in [2.45, 2.75) is 26.5 Å². The van der Waals surface area contributed by atoms with Crippen LogP contribution in [0.1, 0.15) is 18.4 Å². The largest absolute Gasteiger partial charge is 0.458 e. The minimum atomic E-state index is -0.316. The number of nitrogens with zero attached hydrogens (tertiary/aromatic N) is 3. The van der Waals surface area contributed by atoms with Crippen molar-refractivity contribution in [3.63, 3.8) is 0 Å². The molecule has 2 aromatic rings. The highest BCUT2D eigenvalue weighted by atomic mass is 19.1. The lowest BCUT2D eigenvalue weighted by atomic mass is 10.2. The monoisotopic (exact) mass is 347 g/mol. The molecule has 1 aliphatic heterocycles. The summed E-state index contributed by atoms with van der Waals surface area (Å²) in [4.78, 5) is 16.5. The fourth-order valence-corrected chi connectivity index (χ4v) is 2.92. The highest BCUT2D eigenvalue weighted by Crippen LogP contribution is 2.18. The molecule has 0 radical (unpaired) electrons. The Hall–Kier alpha value is -2.41. The van der Waals surface area contributed by atoms with Crippen molar-refractivity contribution in [2.24, 2.45) is 0 Å². The molecule has 25 heavy (non-hydrogen) atoms. The average Bonchev–Trinajstić information content (AvgIpc) is 3.05. The highest BCUT2D eigenvalue weighted by Gasteiger charge is 2.27. The molecule has 7 heteroatoms. The van der Waals surface area contributed by atoms with Gasteiger partial charge in [0.25, 0.3) is 0 Å². The molecule has 1 saturated heterocycles. The molecule has 3 rings (SSSR count). The van der Waals surface area contributed by atoms with Crippen LogP contribution in [0.3, 0.4) is 0 Å². The third kappa shape index (κ3) is 4.36. The molecule has 1 aromatic carbocycles. The summed E-state index contributed by atoms with van der Waals surface area (Å²) in [6.45, 7) is 6.83. The predicted molar refractivity (Wildman–Crippen MR) is 90.7 cm³/mol. The van der Waals surface area contributed by atoms with Gasteiger partial charge in [0.1, 0.15) is 29.9 Å². The molecule has 6 nitrogen and oxygen atoms in total. The summed E-state index contributed by atoms with van der Waals surface area (Å²) in [7, 11) is 0. The number of aryl methyl sites for hydroxylation is 1. The summed E-state index contributed by atoms with van der Waals surface area (Å²) in [5, 5.41) is 3.81. The van der Waals surface area contributed by atoms with Crippen molar-refractivity contribution < 1.29 is 18.4 Å². The van der Waals surface area contributed by atoms with Gasteiger partial charge < -0.3 is 14.2 Å². The predicted octanol–water partition coefficient (Wildman–Crippen LogP) is 2.38. The standard InChI is InChI=1S/C18H22FN3O3/c1-13-11-16(20-25-13)12-24-18(23)14(2)21-7-9-22(10-8-21)17-5-3-15(19)4-6-17/h3-6,11,14H,7-10,12H2,1-2H3/t14-/m0/s1. The molecule has 134 valence electrons. The van der Waals surface area contributed by atoms with Gasteiger partial charge in [-0.15, -0.1) is 0 Å². The fraction of sp³-hybridized carbons (Fsp3) is 0.444. The Morgan fingerprint density at radius 2 is 1.96 bits per heavy atom. The van der Waals surface area contributed by atoms with Crippen molar-refractivity contribution in [3.05, 3.63) is 47.6 Å². The molecule has 1 aromatic heterocycles. The molecule has 0 spiro atoms. The van der Waals surface area contributed by atoms with Crippen LogP contribution in [0.15, 0.2) is 34.9 Å². The molecular weight excluding hydrogens is 325 g/mol. The van der Waals surface area contributed by atoms with E-state index < -0.39 is 0 Å². The van der Waals surface area contributed by atoms with Gasteiger partial charge in [-0.05, 0) is 38.1 Å². The number of halogens is 1. The maximum Gasteiger partial charge on any atom is 0.323 e. The quantitative estimate of drug-likeness (QED) is 0.774. The molecule has 1 atom stereocenters. The van der Waals surface area contributed by atoms with Gasteiger partial charge in [0, 0.05) is 37.9 Å². The van der Waals surface area contributed by atoms with E-state index in [1.807, 2.05) is 6.92 Å². The van der Waals surface area contributed by atoms with Crippen LogP contribution < -0.4 is 4.90 Å². The summed E-state index contributed by atoms with van der Waals surface area (Å²) in [5.74, 6) is 0.188. The first kappa shape index (κ1) is 17.4. The fourth-order valence-electron chi connectivity index (χ4n) is 2.92. The Morgan fingerprint density at radius 3 is 2.56 bits per heavy atom. The zero-order chi connectivity index (χ0) is 17.8. The molecule has 1 aliphatic rings. The smallest absolute Gasteiger partial charge is 0.323 e. The number of ether oxygens (including phenoxy) is 1. The minimum absolute atomic E-state index is 0.121. The van der Waals surface area contributed by atoms with Crippen LogP contribution in [0.5, 0.6) is 0 Å². The number of hydrogen-bond acceptors (Lipinski definition) is 6.